The van der Waals surface area contributed by atoms with E-state index in [0.717, 1.165) is 19.3 Å². The van der Waals surface area contributed by atoms with Gasteiger partial charge in [0.15, 0.2) is 0 Å². The van der Waals surface area contributed by atoms with E-state index in [4.69, 9.17) is 11.6 Å². The Kier molecular flexibility index (Phi) is 5.22. The highest BCUT2D eigenvalue weighted by molar-refractivity contribution is 6.34. The van der Waals surface area contributed by atoms with E-state index in [9.17, 15) is 9.59 Å². The van der Waals surface area contributed by atoms with Crippen LogP contribution >= 0.6 is 11.6 Å². The van der Waals surface area contributed by atoms with Gasteiger partial charge in [-0.3, -0.25) is 4.79 Å². The summed E-state index contributed by atoms with van der Waals surface area (Å²) in [4.78, 5) is 22.9. The molecule has 6 heteroatoms. The molecule has 3 N–H and O–H groups in total. The van der Waals surface area contributed by atoms with Crippen molar-refractivity contribution in [3.05, 3.63) is 35.4 Å². The van der Waals surface area contributed by atoms with Crippen molar-refractivity contribution in [2.24, 2.45) is 0 Å². The average Bonchev–Trinajstić information content (AvgIpc) is 2.42. The lowest BCUT2D eigenvalue weighted by Crippen LogP contribution is -2.37. The van der Waals surface area contributed by atoms with Gasteiger partial charge in [0.2, 0.25) is 5.91 Å². The van der Waals surface area contributed by atoms with Crippen LogP contribution in [0, 0.1) is 0 Å². The SMILES string of the molecule is CC(=O)Nc1ccc(NC(=O)N[C@H]2C=CCCC2)c(Cl)c1. The Balaban J connectivity index is 1.95. The molecule has 5 nitrogen and oxygen atoms in total. The van der Waals surface area contributed by atoms with Gasteiger partial charge >= 0.3 is 6.03 Å². The number of hydrogen-bond acceptors (Lipinski definition) is 2. The van der Waals surface area contributed by atoms with Crippen LogP contribution in [0.2, 0.25) is 5.02 Å². The molecule has 0 heterocycles. The molecule has 0 spiro atoms. The molecule has 0 aromatic heterocycles. The first kappa shape index (κ1) is 15.4. The molecule has 1 aliphatic rings. The summed E-state index contributed by atoms with van der Waals surface area (Å²) < 4.78 is 0. The maximum atomic E-state index is 11.9. The van der Waals surface area contributed by atoms with Crippen molar-refractivity contribution in [2.45, 2.75) is 32.2 Å². The minimum Gasteiger partial charge on any atom is -0.332 e. The van der Waals surface area contributed by atoms with Gasteiger partial charge in [0, 0.05) is 18.7 Å². The summed E-state index contributed by atoms with van der Waals surface area (Å²) in [6.45, 7) is 1.42. The van der Waals surface area contributed by atoms with Crippen molar-refractivity contribution >= 4 is 34.9 Å². The van der Waals surface area contributed by atoms with Gasteiger partial charge < -0.3 is 16.0 Å². The molecular formula is C15H18ClN3O2. The Morgan fingerprint density at radius 3 is 2.71 bits per heavy atom. The number of nitrogens with one attached hydrogen (secondary N) is 3. The normalized spacial score (nSPS) is 17.1. The van der Waals surface area contributed by atoms with Gasteiger partial charge in [-0.2, -0.15) is 0 Å². The fraction of sp³-hybridized carbons (Fsp3) is 0.333. The average molecular weight is 308 g/mol. The van der Waals surface area contributed by atoms with Gasteiger partial charge in [-0.1, -0.05) is 23.8 Å². The zero-order chi connectivity index (χ0) is 15.2. The largest absolute Gasteiger partial charge is 0.332 e. The molecule has 1 aliphatic carbocycles. The predicted molar refractivity (Wildman–Crippen MR) is 84.7 cm³/mol. The van der Waals surface area contributed by atoms with Gasteiger partial charge in [-0.25, -0.2) is 4.79 Å². The molecule has 0 bridgehead atoms. The highest BCUT2D eigenvalue weighted by atomic mass is 35.5. The number of hydrogen-bond donors (Lipinski definition) is 3. The lowest BCUT2D eigenvalue weighted by atomic mass is 10.0. The molecule has 3 amide bonds. The van der Waals surface area contributed by atoms with Crippen LogP contribution in [0.3, 0.4) is 0 Å². The van der Waals surface area contributed by atoms with E-state index in [0.29, 0.717) is 16.4 Å². The topological polar surface area (TPSA) is 70.2 Å². The summed E-state index contributed by atoms with van der Waals surface area (Å²) in [7, 11) is 0. The minimum absolute atomic E-state index is 0.0659. The fourth-order valence-corrected chi connectivity index (χ4v) is 2.38. The van der Waals surface area contributed by atoms with Crippen LogP contribution in [-0.2, 0) is 4.79 Å². The first-order chi connectivity index (χ1) is 10.0. The van der Waals surface area contributed by atoms with Crippen molar-refractivity contribution in [1.29, 1.82) is 0 Å². The van der Waals surface area contributed by atoms with Crippen LogP contribution in [0.25, 0.3) is 0 Å². The maximum absolute atomic E-state index is 11.9. The Bertz CT molecular complexity index is 572. The maximum Gasteiger partial charge on any atom is 0.319 e. The zero-order valence-electron chi connectivity index (χ0n) is 11.8. The third-order valence-electron chi connectivity index (χ3n) is 3.11. The molecule has 0 aliphatic heterocycles. The molecule has 0 saturated heterocycles. The Hall–Kier alpha value is -2.01. The van der Waals surface area contributed by atoms with Gasteiger partial charge in [0.05, 0.1) is 10.7 Å². The summed E-state index contributed by atoms with van der Waals surface area (Å²) in [6, 6.07) is 4.71. The number of amides is 3. The van der Waals surface area contributed by atoms with Crippen molar-refractivity contribution in [1.82, 2.24) is 5.32 Å². The second-order valence-electron chi connectivity index (χ2n) is 4.94. The number of halogens is 1. The Morgan fingerprint density at radius 2 is 2.10 bits per heavy atom. The first-order valence-corrected chi connectivity index (χ1v) is 7.24. The van der Waals surface area contributed by atoms with Crippen LogP contribution < -0.4 is 16.0 Å². The third-order valence-corrected chi connectivity index (χ3v) is 3.42. The molecule has 0 unspecified atom stereocenters. The molecule has 0 saturated carbocycles. The number of urea groups is 1. The summed E-state index contributed by atoms with van der Waals surface area (Å²) in [5.41, 5.74) is 1.09. The molecule has 21 heavy (non-hydrogen) atoms. The standard InChI is InChI=1S/C15H18ClN3O2/c1-10(20)17-12-7-8-14(13(16)9-12)19-15(21)18-11-5-3-2-4-6-11/h3,5,7-9,11H,2,4,6H2,1H3,(H,17,20)(H2,18,19,21)/t11-/m0/s1. The van der Waals surface area contributed by atoms with Crippen LogP contribution in [0.4, 0.5) is 16.2 Å². The van der Waals surface area contributed by atoms with E-state index >= 15 is 0 Å². The van der Waals surface area contributed by atoms with E-state index in [1.165, 1.54) is 6.92 Å². The molecular weight excluding hydrogens is 290 g/mol. The van der Waals surface area contributed by atoms with E-state index in [1.807, 2.05) is 6.08 Å². The van der Waals surface area contributed by atoms with E-state index in [2.05, 4.69) is 22.0 Å². The quantitative estimate of drug-likeness (QED) is 0.748. The van der Waals surface area contributed by atoms with Gasteiger partial charge in [0.1, 0.15) is 0 Å². The summed E-state index contributed by atoms with van der Waals surface area (Å²) in [5, 5.41) is 8.59. The summed E-state index contributed by atoms with van der Waals surface area (Å²) >= 11 is 6.09. The van der Waals surface area contributed by atoms with E-state index in [-0.39, 0.29) is 18.0 Å². The molecule has 112 valence electrons. The number of rotatable bonds is 3. The second kappa shape index (κ2) is 7.13. The zero-order valence-corrected chi connectivity index (χ0v) is 12.5. The van der Waals surface area contributed by atoms with Gasteiger partial charge in [-0.15, -0.1) is 0 Å². The van der Waals surface area contributed by atoms with Crippen LogP contribution in [0.15, 0.2) is 30.4 Å². The van der Waals surface area contributed by atoms with Gasteiger partial charge in [0.25, 0.3) is 0 Å². The van der Waals surface area contributed by atoms with Crippen LogP contribution in [0.1, 0.15) is 26.2 Å². The van der Waals surface area contributed by atoms with E-state index in [1.54, 1.807) is 18.2 Å². The summed E-state index contributed by atoms with van der Waals surface area (Å²) in [6.07, 6.45) is 7.16. The monoisotopic (exact) mass is 307 g/mol. The summed E-state index contributed by atoms with van der Waals surface area (Å²) in [5.74, 6) is -0.173. The number of allylic oxidation sites excluding steroid dienone is 1. The number of carbonyl (C=O) groups excluding carboxylic acids is 2. The lowest BCUT2D eigenvalue weighted by molar-refractivity contribution is -0.114. The molecule has 1 atom stereocenters. The van der Waals surface area contributed by atoms with Gasteiger partial charge in [-0.05, 0) is 37.5 Å². The van der Waals surface area contributed by atoms with Crippen LogP contribution in [0.5, 0.6) is 0 Å². The van der Waals surface area contributed by atoms with Crippen molar-refractivity contribution < 1.29 is 9.59 Å². The first-order valence-electron chi connectivity index (χ1n) is 6.86. The Labute approximate surface area is 128 Å². The molecule has 1 aromatic carbocycles. The van der Waals surface area contributed by atoms with Crippen molar-refractivity contribution in [2.75, 3.05) is 10.6 Å². The number of carbonyl (C=O) groups is 2. The lowest BCUT2D eigenvalue weighted by Gasteiger charge is -2.18. The van der Waals surface area contributed by atoms with Crippen molar-refractivity contribution in [3.63, 3.8) is 0 Å². The predicted octanol–water partition coefficient (Wildman–Crippen LogP) is 3.53. The highest BCUT2D eigenvalue weighted by Gasteiger charge is 2.12. The molecule has 0 radical (unpaired) electrons. The third kappa shape index (κ3) is 4.79. The molecule has 2 rings (SSSR count). The van der Waals surface area contributed by atoms with E-state index < -0.39 is 0 Å². The minimum atomic E-state index is -0.291. The second-order valence-corrected chi connectivity index (χ2v) is 5.35. The number of benzene rings is 1. The highest BCUT2D eigenvalue weighted by Crippen LogP contribution is 2.25. The smallest absolute Gasteiger partial charge is 0.319 e. The Morgan fingerprint density at radius 1 is 1.29 bits per heavy atom. The molecule has 0 fully saturated rings. The molecule has 1 aromatic rings. The van der Waals surface area contributed by atoms with Crippen LogP contribution in [-0.4, -0.2) is 18.0 Å². The fourth-order valence-electron chi connectivity index (χ4n) is 2.16. The number of anilines is 2. The van der Waals surface area contributed by atoms with Crippen molar-refractivity contribution in [3.8, 4) is 0 Å².